The Bertz CT molecular complexity index is 207. The van der Waals surface area contributed by atoms with E-state index in [1.165, 1.54) is 0 Å². The molecule has 2 rings (SSSR count). The van der Waals surface area contributed by atoms with Crippen molar-refractivity contribution in [3.05, 3.63) is 0 Å². The molecular formula is C12H22O3. The highest BCUT2D eigenvalue weighted by molar-refractivity contribution is 4.86. The van der Waals surface area contributed by atoms with Gasteiger partial charge in [0.25, 0.3) is 0 Å². The molecular weight excluding hydrogens is 192 g/mol. The molecule has 3 nitrogen and oxygen atoms in total. The first kappa shape index (κ1) is 11.4. The molecule has 0 aromatic carbocycles. The second-order valence-electron chi connectivity index (χ2n) is 4.97. The Morgan fingerprint density at radius 3 is 2.87 bits per heavy atom. The minimum Gasteiger partial charge on any atom is -0.393 e. The van der Waals surface area contributed by atoms with Crippen molar-refractivity contribution in [2.45, 2.75) is 76.5 Å². The van der Waals surface area contributed by atoms with E-state index in [-0.39, 0.29) is 12.2 Å². The van der Waals surface area contributed by atoms with Gasteiger partial charge in [-0.1, -0.05) is 6.92 Å². The summed E-state index contributed by atoms with van der Waals surface area (Å²) >= 11 is 0. The summed E-state index contributed by atoms with van der Waals surface area (Å²) in [6, 6.07) is 0. The zero-order valence-electron chi connectivity index (χ0n) is 9.74. The molecule has 2 aliphatic heterocycles. The molecule has 2 saturated heterocycles. The van der Waals surface area contributed by atoms with Crippen LogP contribution >= 0.6 is 0 Å². The first-order chi connectivity index (χ1) is 7.13. The highest BCUT2D eigenvalue weighted by atomic mass is 16.7. The molecule has 0 unspecified atom stereocenters. The number of aliphatic hydroxyl groups excluding tert-OH is 1. The maximum atomic E-state index is 9.80. The van der Waals surface area contributed by atoms with Gasteiger partial charge >= 0.3 is 0 Å². The number of ether oxygens (including phenoxy) is 2. The van der Waals surface area contributed by atoms with E-state index in [9.17, 15) is 5.11 Å². The van der Waals surface area contributed by atoms with Gasteiger partial charge in [-0.25, -0.2) is 0 Å². The van der Waals surface area contributed by atoms with Crippen molar-refractivity contribution < 1.29 is 14.6 Å². The predicted molar refractivity (Wildman–Crippen MR) is 57.5 cm³/mol. The molecule has 1 spiro atoms. The van der Waals surface area contributed by atoms with Crippen molar-refractivity contribution in [3.8, 4) is 0 Å². The lowest BCUT2D eigenvalue weighted by molar-refractivity contribution is -0.324. The van der Waals surface area contributed by atoms with Crippen LogP contribution in [-0.4, -0.2) is 29.2 Å². The van der Waals surface area contributed by atoms with Gasteiger partial charge < -0.3 is 14.6 Å². The van der Waals surface area contributed by atoms with Crippen LogP contribution in [0.15, 0.2) is 0 Å². The third-order valence-electron chi connectivity index (χ3n) is 3.49. The molecule has 0 radical (unpaired) electrons. The van der Waals surface area contributed by atoms with Gasteiger partial charge in [-0.05, 0) is 32.6 Å². The van der Waals surface area contributed by atoms with Gasteiger partial charge in [0.15, 0.2) is 5.79 Å². The molecule has 0 saturated carbocycles. The van der Waals surface area contributed by atoms with E-state index in [2.05, 4.69) is 6.92 Å². The minimum absolute atomic E-state index is 0.115. The van der Waals surface area contributed by atoms with Crippen LogP contribution in [0.1, 0.15) is 52.4 Å². The Morgan fingerprint density at radius 2 is 2.20 bits per heavy atom. The number of rotatable bonds is 1. The van der Waals surface area contributed by atoms with Crippen LogP contribution in [0.25, 0.3) is 0 Å². The van der Waals surface area contributed by atoms with Gasteiger partial charge in [0, 0.05) is 12.8 Å². The van der Waals surface area contributed by atoms with Crippen molar-refractivity contribution in [2.24, 2.45) is 0 Å². The third-order valence-corrected chi connectivity index (χ3v) is 3.49. The molecule has 0 aliphatic carbocycles. The molecule has 2 fully saturated rings. The first-order valence-electron chi connectivity index (χ1n) is 6.17. The average molecular weight is 214 g/mol. The molecule has 2 aliphatic rings. The third kappa shape index (κ3) is 2.52. The van der Waals surface area contributed by atoms with E-state index in [0.29, 0.717) is 12.5 Å². The topological polar surface area (TPSA) is 38.7 Å². The van der Waals surface area contributed by atoms with Gasteiger partial charge in [0.05, 0.1) is 18.3 Å². The Morgan fingerprint density at radius 1 is 1.40 bits per heavy atom. The summed E-state index contributed by atoms with van der Waals surface area (Å²) in [5.74, 6) is -0.476. The molecule has 0 aromatic heterocycles. The van der Waals surface area contributed by atoms with Gasteiger partial charge in [-0.15, -0.1) is 0 Å². The Labute approximate surface area is 91.8 Å². The minimum atomic E-state index is -0.476. The standard InChI is InChI=1S/C12H22O3/c1-3-11-5-4-6-12(15-11)8-10(13)7-9(2)14-12/h9-11,13H,3-8H2,1-2H3/t9-,10-,11-,12+/m1/s1. The van der Waals surface area contributed by atoms with Crippen LogP contribution in [0.4, 0.5) is 0 Å². The fourth-order valence-corrected chi connectivity index (χ4v) is 2.83. The smallest absolute Gasteiger partial charge is 0.171 e. The Balaban J connectivity index is 2.04. The van der Waals surface area contributed by atoms with Crippen molar-refractivity contribution in [2.75, 3.05) is 0 Å². The summed E-state index contributed by atoms with van der Waals surface area (Å²) in [6.07, 6.45) is 5.81. The average Bonchev–Trinajstić information content (AvgIpc) is 2.15. The predicted octanol–water partition coefficient (Wildman–Crippen LogP) is 2.22. The molecule has 0 aromatic rings. The second kappa shape index (κ2) is 4.40. The molecule has 3 heteroatoms. The normalized spacial score (nSPS) is 47.0. The van der Waals surface area contributed by atoms with E-state index in [4.69, 9.17) is 9.47 Å². The lowest BCUT2D eigenvalue weighted by atomic mass is 9.91. The fourth-order valence-electron chi connectivity index (χ4n) is 2.83. The lowest BCUT2D eigenvalue weighted by Gasteiger charge is -2.46. The lowest BCUT2D eigenvalue weighted by Crippen LogP contribution is -2.51. The van der Waals surface area contributed by atoms with Crippen molar-refractivity contribution in [1.82, 2.24) is 0 Å². The number of hydrogen-bond acceptors (Lipinski definition) is 3. The summed E-state index contributed by atoms with van der Waals surface area (Å²) in [4.78, 5) is 0. The number of aliphatic hydroxyl groups is 1. The summed E-state index contributed by atoms with van der Waals surface area (Å²) in [5.41, 5.74) is 0. The van der Waals surface area contributed by atoms with Crippen molar-refractivity contribution >= 4 is 0 Å². The summed E-state index contributed by atoms with van der Waals surface area (Å²) in [6.45, 7) is 4.16. The molecule has 88 valence electrons. The van der Waals surface area contributed by atoms with Crippen LogP contribution in [0, 0.1) is 0 Å². The van der Waals surface area contributed by atoms with Gasteiger partial charge in [0.2, 0.25) is 0 Å². The van der Waals surface area contributed by atoms with Crippen LogP contribution in [0.2, 0.25) is 0 Å². The number of hydrogen-bond donors (Lipinski definition) is 1. The highest BCUT2D eigenvalue weighted by Crippen LogP contribution is 2.39. The SMILES string of the molecule is CC[C@@H]1CCC[C@@]2(C[C@H](O)C[C@@H](C)O2)O1. The monoisotopic (exact) mass is 214 g/mol. The molecule has 1 N–H and O–H groups in total. The maximum Gasteiger partial charge on any atom is 0.171 e. The van der Waals surface area contributed by atoms with Crippen LogP contribution < -0.4 is 0 Å². The largest absolute Gasteiger partial charge is 0.393 e. The zero-order valence-corrected chi connectivity index (χ0v) is 9.74. The maximum absolute atomic E-state index is 9.80. The molecule has 0 bridgehead atoms. The Kier molecular flexibility index (Phi) is 3.33. The summed E-state index contributed by atoms with van der Waals surface area (Å²) in [7, 11) is 0. The van der Waals surface area contributed by atoms with Gasteiger partial charge in [-0.3, -0.25) is 0 Å². The van der Waals surface area contributed by atoms with Crippen LogP contribution in [0.5, 0.6) is 0 Å². The molecule has 15 heavy (non-hydrogen) atoms. The fraction of sp³-hybridized carbons (Fsp3) is 1.00. The summed E-state index contributed by atoms with van der Waals surface area (Å²) in [5, 5.41) is 9.80. The van der Waals surface area contributed by atoms with Gasteiger partial charge in [-0.2, -0.15) is 0 Å². The van der Waals surface area contributed by atoms with Crippen LogP contribution in [-0.2, 0) is 9.47 Å². The molecule has 0 amide bonds. The van der Waals surface area contributed by atoms with E-state index >= 15 is 0 Å². The van der Waals surface area contributed by atoms with E-state index < -0.39 is 5.79 Å². The van der Waals surface area contributed by atoms with E-state index in [1.54, 1.807) is 0 Å². The second-order valence-corrected chi connectivity index (χ2v) is 4.97. The van der Waals surface area contributed by atoms with E-state index in [0.717, 1.165) is 32.1 Å². The highest BCUT2D eigenvalue weighted by Gasteiger charge is 2.44. The zero-order chi connectivity index (χ0) is 10.9. The molecule has 4 atom stereocenters. The van der Waals surface area contributed by atoms with Gasteiger partial charge in [0.1, 0.15) is 0 Å². The quantitative estimate of drug-likeness (QED) is 0.727. The van der Waals surface area contributed by atoms with Crippen LogP contribution in [0.3, 0.4) is 0 Å². The molecule has 2 heterocycles. The van der Waals surface area contributed by atoms with Crippen molar-refractivity contribution in [1.29, 1.82) is 0 Å². The van der Waals surface area contributed by atoms with Crippen molar-refractivity contribution in [3.63, 3.8) is 0 Å². The van der Waals surface area contributed by atoms with E-state index in [1.807, 2.05) is 6.92 Å². The first-order valence-corrected chi connectivity index (χ1v) is 6.17. The Hall–Kier alpha value is -0.120. The summed E-state index contributed by atoms with van der Waals surface area (Å²) < 4.78 is 12.0.